The van der Waals surface area contributed by atoms with E-state index in [2.05, 4.69) is 273 Å². The number of aromatic nitrogens is 6. The van der Waals surface area contributed by atoms with Crippen LogP contribution in [-0.2, 0) is 17.1 Å². The maximum Gasteiger partial charge on any atom is 2.00 e. The van der Waals surface area contributed by atoms with Crippen LogP contribution < -0.4 is 43.7 Å². The first-order chi connectivity index (χ1) is 42.7. The molecule has 0 N–H and O–H groups in total. The van der Waals surface area contributed by atoms with Crippen molar-refractivity contribution in [2.24, 2.45) is 0 Å². The summed E-state index contributed by atoms with van der Waals surface area (Å²) >= 11 is 0. The predicted octanol–water partition coefficient (Wildman–Crippen LogP) is 12.6. The van der Waals surface area contributed by atoms with Crippen LogP contribution in [0.3, 0.4) is 0 Å². The summed E-state index contributed by atoms with van der Waals surface area (Å²) in [6.07, 6.45) is 8.18. The fourth-order valence-corrected chi connectivity index (χ4v) is 11.3. The van der Waals surface area contributed by atoms with Gasteiger partial charge >= 0.3 is 17.1 Å². The molecule has 1 radical (unpaired) electrons. The standard InChI is InChI=1S/2C24H20B.3C10H8N2.Cu/c2*1-5-13-21(14-6-1)25(22-15-7-2-8-16-22,23-17-9-3-10-18-23)24-19-11-4-12-20-24;3*1-3-7-11-9(5-1)10-6-2-4-8-12-10;/h2*1-20H;3*1-8H;/q2*-1;;;;+2. The number of pyridine rings is 6. The molecule has 8 aromatic carbocycles. The van der Waals surface area contributed by atoms with Crippen molar-refractivity contribution in [1.82, 2.24) is 29.9 Å². The van der Waals surface area contributed by atoms with Gasteiger partial charge in [-0.05, 0) is 72.8 Å². The van der Waals surface area contributed by atoms with Crippen molar-refractivity contribution in [3.8, 4) is 34.2 Å². The van der Waals surface area contributed by atoms with Crippen LogP contribution in [0, 0.1) is 0 Å². The Morgan fingerprint density at radius 2 is 0.253 bits per heavy atom. The first-order valence-corrected chi connectivity index (χ1v) is 29.0. The number of benzene rings is 8. The summed E-state index contributed by atoms with van der Waals surface area (Å²) in [5.41, 5.74) is 16.2. The van der Waals surface area contributed by atoms with Gasteiger partial charge in [0, 0.05) is 37.2 Å². The number of rotatable bonds is 11. The van der Waals surface area contributed by atoms with E-state index in [9.17, 15) is 0 Å². The van der Waals surface area contributed by atoms with Gasteiger partial charge in [0.1, 0.15) is 12.3 Å². The smallest absolute Gasteiger partial charge is 0.255 e. The maximum atomic E-state index is 4.19. The molecule has 9 heteroatoms. The van der Waals surface area contributed by atoms with Crippen molar-refractivity contribution in [2.45, 2.75) is 0 Å². The molecule has 14 aromatic rings. The molecular weight excluding hydrogens is 1110 g/mol. The molecule has 6 heterocycles. The normalized spacial score (nSPS) is 10.4. The molecule has 0 saturated carbocycles. The van der Waals surface area contributed by atoms with E-state index in [1.54, 1.807) is 37.2 Å². The Bertz CT molecular complexity index is 3320. The monoisotopic (exact) mass is 1170 g/mol. The second kappa shape index (κ2) is 32.4. The van der Waals surface area contributed by atoms with Crippen molar-refractivity contribution in [2.75, 3.05) is 0 Å². The van der Waals surface area contributed by atoms with E-state index in [-0.39, 0.29) is 17.1 Å². The van der Waals surface area contributed by atoms with Gasteiger partial charge in [0.05, 0.1) is 34.2 Å². The van der Waals surface area contributed by atoms with Crippen LogP contribution in [0.15, 0.2) is 389 Å². The van der Waals surface area contributed by atoms with Crippen LogP contribution in [0.1, 0.15) is 0 Å². The quantitative estimate of drug-likeness (QED) is 0.120. The summed E-state index contributed by atoms with van der Waals surface area (Å²) in [5, 5.41) is 0. The fraction of sp³-hybridized carbons (Fsp3) is 0. The molecule has 0 unspecified atom stereocenters. The number of hydrogen-bond acceptors (Lipinski definition) is 6. The topological polar surface area (TPSA) is 77.3 Å². The average Bonchev–Trinajstić information content (AvgIpc) is 0.950. The van der Waals surface area contributed by atoms with Crippen LogP contribution in [0.4, 0.5) is 0 Å². The van der Waals surface area contributed by atoms with Crippen LogP contribution in [-0.4, -0.2) is 42.2 Å². The van der Waals surface area contributed by atoms with Gasteiger partial charge in [-0.25, -0.2) is 0 Å². The molecule has 0 aliphatic heterocycles. The summed E-state index contributed by atoms with van der Waals surface area (Å²) in [6, 6.07) is 122. The Kier molecular flexibility index (Phi) is 22.7. The SMILES string of the molecule is [Cu+2].c1ccc(-c2ccccn2)nc1.c1ccc(-c2ccccn2)nc1.c1ccc(-c2ccccn2)nc1.c1ccc([B-](c2ccccc2)(c2ccccc2)c2ccccc2)cc1.c1ccc([B-](c2ccccc2)(c2ccccc2)c2ccccc2)cc1. The Morgan fingerprint density at radius 1 is 0.138 bits per heavy atom. The molecule has 0 aliphatic carbocycles. The third kappa shape index (κ3) is 15.6. The Hall–Kier alpha value is -10.7. The van der Waals surface area contributed by atoms with E-state index in [1.807, 2.05) is 109 Å². The molecule has 0 spiro atoms. The zero-order valence-electron chi connectivity index (χ0n) is 48.1. The third-order valence-electron chi connectivity index (χ3n) is 15.2. The zero-order chi connectivity index (χ0) is 58.6. The van der Waals surface area contributed by atoms with Crippen molar-refractivity contribution in [3.05, 3.63) is 389 Å². The molecule has 0 saturated heterocycles. The summed E-state index contributed by atoms with van der Waals surface area (Å²) in [7, 11) is 0. The van der Waals surface area contributed by atoms with Gasteiger partial charge < -0.3 is 0 Å². The molecule has 14 rings (SSSR count). The molecule has 0 aliphatic rings. The van der Waals surface area contributed by atoms with Crippen molar-refractivity contribution < 1.29 is 17.1 Å². The Morgan fingerprint density at radius 3 is 0.356 bits per heavy atom. The minimum Gasteiger partial charge on any atom is -0.255 e. The molecule has 87 heavy (non-hydrogen) atoms. The van der Waals surface area contributed by atoms with Gasteiger partial charge in [-0.3, -0.25) is 29.9 Å². The minimum atomic E-state index is -1.22. The third-order valence-corrected chi connectivity index (χ3v) is 15.2. The zero-order valence-corrected chi connectivity index (χ0v) is 49.0. The van der Waals surface area contributed by atoms with Crippen LogP contribution >= 0.6 is 0 Å². The Labute approximate surface area is 522 Å². The van der Waals surface area contributed by atoms with Crippen molar-refractivity contribution >= 4 is 56.0 Å². The van der Waals surface area contributed by atoms with E-state index < -0.39 is 12.3 Å². The van der Waals surface area contributed by atoms with E-state index in [1.165, 1.54) is 43.7 Å². The molecule has 0 atom stereocenters. The van der Waals surface area contributed by atoms with Crippen LogP contribution in [0.25, 0.3) is 34.2 Å². The predicted molar refractivity (Wildman–Crippen MR) is 363 cm³/mol. The molecule has 0 amide bonds. The number of nitrogens with zero attached hydrogens (tertiary/aromatic N) is 6. The molecule has 0 fully saturated rings. The van der Waals surface area contributed by atoms with E-state index in [4.69, 9.17) is 0 Å². The van der Waals surface area contributed by atoms with E-state index in [0.717, 1.165) is 34.2 Å². The Balaban J connectivity index is 0.000000135. The van der Waals surface area contributed by atoms with Crippen LogP contribution in [0.5, 0.6) is 0 Å². The second-order valence-corrected chi connectivity index (χ2v) is 20.3. The van der Waals surface area contributed by atoms with Crippen LogP contribution in [0.2, 0.25) is 0 Å². The molecule has 6 nitrogen and oxygen atoms in total. The summed E-state index contributed by atoms with van der Waals surface area (Å²) in [6.45, 7) is 0. The summed E-state index contributed by atoms with van der Waals surface area (Å²) < 4.78 is 0. The molecule has 6 aromatic heterocycles. The van der Waals surface area contributed by atoms with Gasteiger partial charge in [-0.15, -0.1) is 0 Å². The van der Waals surface area contributed by atoms with E-state index in [0.29, 0.717) is 0 Å². The van der Waals surface area contributed by atoms with Gasteiger partial charge in [-0.1, -0.05) is 279 Å². The summed E-state index contributed by atoms with van der Waals surface area (Å²) in [4.78, 5) is 25.1. The first kappa shape index (κ1) is 60.9. The van der Waals surface area contributed by atoms with E-state index >= 15 is 0 Å². The van der Waals surface area contributed by atoms with Gasteiger partial charge in [0.2, 0.25) is 0 Å². The summed E-state index contributed by atoms with van der Waals surface area (Å²) in [5.74, 6) is 0. The second-order valence-electron chi connectivity index (χ2n) is 20.3. The minimum absolute atomic E-state index is 0. The maximum absolute atomic E-state index is 4.19. The molecule has 423 valence electrons. The largest absolute Gasteiger partial charge is 2.00 e. The van der Waals surface area contributed by atoms with Gasteiger partial charge in [-0.2, -0.15) is 43.7 Å². The van der Waals surface area contributed by atoms with Crippen molar-refractivity contribution in [1.29, 1.82) is 0 Å². The molecular formula is C78H64B2CuN6. The van der Waals surface area contributed by atoms with Gasteiger partial charge in [0.15, 0.2) is 0 Å². The number of hydrogen-bond donors (Lipinski definition) is 0. The van der Waals surface area contributed by atoms with Gasteiger partial charge in [0.25, 0.3) is 0 Å². The first-order valence-electron chi connectivity index (χ1n) is 29.0. The molecule has 0 bridgehead atoms. The fourth-order valence-electron chi connectivity index (χ4n) is 11.3. The average molecular weight is 1170 g/mol. The van der Waals surface area contributed by atoms with Crippen molar-refractivity contribution in [3.63, 3.8) is 0 Å².